The normalized spacial score (nSPS) is 11.5. The Morgan fingerprint density at radius 2 is 1.29 bits per heavy atom. The van der Waals surface area contributed by atoms with Crippen LogP contribution in [0.4, 0.5) is 0 Å². The van der Waals surface area contributed by atoms with E-state index in [4.69, 9.17) is 0 Å². The molecule has 2 aromatic carbocycles. The number of nitrogens with one attached hydrogen (secondary N) is 1. The Bertz CT molecular complexity index is 1070. The Morgan fingerprint density at radius 3 is 1.76 bits per heavy atom. The van der Waals surface area contributed by atoms with Crippen LogP contribution >= 0.6 is 0 Å². The number of aromatic nitrogens is 2. The number of nitrogens with zero attached hydrogens (tertiary/aromatic N) is 3. The molecule has 0 aliphatic heterocycles. The fraction of sp³-hybridized carbons (Fsp3) is 0.185. The van der Waals surface area contributed by atoms with Gasteiger partial charge in [-0.3, -0.25) is 19.1 Å². The van der Waals surface area contributed by atoms with Gasteiger partial charge in [-0.25, -0.2) is 0 Å². The van der Waals surface area contributed by atoms with Crippen molar-refractivity contribution < 1.29 is 8.76 Å². The maximum Gasteiger partial charge on any atom is 0.0544 e. The Labute approximate surface area is 204 Å². The third-order valence-electron chi connectivity index (χ3n) is 4.97. The summed E-state index contributed by atoms with van der Waals surface area (Å²) in [6.45, 7) is 3.01. The molecule has 1 atom stereocenters. The van der Waals surface area contributed by atoms with Gasteiger partial charge in [0, 0.05) is 43.5 Å². The van der Waals surface area contributed by atoms with E-state index < -0.39 is 11.1 Å². The van der Waals surface area contributed by atoms with Crippen LogP contribution in [0.25, 0.3) is 0 Å². The van der Waals surface area contributed by atoms with E-state index in [0.717, 1.165) is 23.5 Å². The van der Waals surface area contributed by atoms with Crippen LogP contribution in [0.2, 0.25) is 0 Å². The highest BCUT2D eigenvalue weighted by Crippen LogP contribution is 2.14. The molecule has 0 radical (unpaired) electrons. The van der Waals surface area contributed by atoms with Gasteiger partial charge >= 0.3 is 0 Å². The van der Waals surface area contributed by atoms with Crippen LogP contribution in [0, 0.1) is 0 Å². The summed E-state index contributed by atoms with van der Waals surface area (Å²) in [5.41, 5.74) is 4.34. The van der Waals surface area contributed by atoms with Gasteiger partial charge in [0.15, 0.2) is 0 Å². The lowest BCUT2D eigenvalue weighted by molar-refractivity contribution is 0.241. The molecule has 4 aromatic rings. The second-order valence-corrected chi connectivity index (χ2v) is 8.62. The first-order chi connectivity index (χ1) is 16.6. The maximum absolute atomic E-state index is 11.0. The molecule has 0 fully saturated rings. The van der Waals surface area contributed by atoms with Gasteiger partial charge in [0.25, 0.3) is 0 Å². The van der Waals surface area contributed by atoms with E-state index in [2.05, 4.69) is 32.3 Å². The number of benzene rings is 2. The zero-order valence-electron chi connectivity index (χ0n) is 19.2. The number of rotatable bonds is 9. The van der Waals surface area contributed by atoms with Crippen molar-refractivity contribution in [1.82, 2.24) is 20.2 Å². The molecule has 0 aliphatic carbocycles. The molecule has 2 aromatic heterocycles. The molecule has 0 spiro atoms. The summed E-state index contributed by atoms with van der Waals surface area (Å²) in [5.74, 6) is 0. The minimum atomic E-state index is -2.20. The van der Waals surface area contributed by atoms with Crippen LogP contribution in [-0.4, -0.2) is 30.7 Å². The summed E-state index contributed by atoms with van der Waals surface area (Å²) in [5, 5.41) is 3.08. The minimum absolute atomic E-state index is 0.296. The summed E-state index contributed by atoms with van der Waals surface area (Å²) in [6.07, 6.45) is 3.57. The third kappa shape index (κ3) is 8.96. The summed E-state index contributed by atoms with van der Waals surface area (Å²) in [7, 11) is 1.95. The molecule has 6 nitrogen and oxygen atoms in total. The van der Waals surface area contributed by atoms with Gasteiger partial charge in [0.05, 0.1) is 11.4 Å². The van der Waals surface area contributed by atoms with E-state index in [1.54, 1.807) is 24.5 Å². The van der Waals surface area contributed by atoms with Crippen LogP contribution in [0.5, 0.6) is 0 Å². The van der Waals surface area contributed by atoms with Crippen LogP contribution in [0.1, 0.15) is 22.5 Å². The van der Waals surface area contributed by atoms with Gasteiger partial charge in [-0.2, -0.15) is 0 Å². The summed E-state index contributed by atoms with van der Waals surface area (Å²) in [4.78, 5) is 11.3. The Balaban J connectivity index is 0.000000302. The molecule has 2 heterocycles. The largest absolute Gasteiger partial charge is 0.768 e. The third-order valence-corrected chi connectivity index (χ3v) is 5.63. The molecule has 1 N–H and O–H groups in total. The van der Waals surface area contributed by atoms with Crippen molar-refractivity contribution in [2.45, 2.75) is 31.1 Å². The molecule has 4 rings (SSSR count). The van der Waals surface area contributed by atoms with Crippen molar-refractivity contribution in [3.63, 3.8) is 0 Å². The zero-order chi connectivity index (χ0) is 24.0. The average molecular weight is 474 g/mol. The van der Waals surface area contributed by atoms with E-state index in [-0.39, 0.29) is 0 Å². The van der Waals surface area contributed by atoms with E-state index in [1.165, 1.54) is 5.56 Å². The molecule has 0 saturated heterocycles. The second kappa shape index (κ2) is 14.1. The number of pyridine rings is 2. The zero-order valence-corrected chi connectivity index (χ0v) is 20.0. The smallest absolute Gasteiger partial charge is 0.0544 e. The van der Waals surface area contributed by atoms with Crippen LogP contribution in [0.3, 0.4) is 0 Å². The predicted molar refractivity (Wildman–Crippen MR) is 134 cm³/mol. The van der Waals surface area contributed by atoms with Gasteiger partial charge in [-0.15, -0.1) is 0 Å². The number of hydrogen-bond donors (Lipinski definition) is 1. The van der Waals surface area contributed by atoms with Crippen LogP contribution in [-0.2, 0) is 37.3 Å². The molecular weight excluding hydrogens is 444 g/mol. The Kier molecular flexibility index (Phi) is 10.5. The molecule has 0 saturated carbocycles. The first-order valence-corrected chi connectivity index (χ1v) is 12.1. The van der Waals surface area contributed by atoms with Gasteiger partial charge in [-0.1, -0.05) is 54.6 Å². The lowest BCUT2D eigenvalue weighted by atomic mass is 10.2. The Morgan fingerprint density at radius 1 is 0.735 bits per heavy atom. The van der Waals surface area contributed by atoms with E-state index in [9.17, 15) is 8.76 Å². The fourth-order valence-electron chi connectivity index (χ4n) is 3.37. The Hall–Kier alpha value is -3.23. The topological polar surface area (TPSA) is 81.2 Å². The molecule has 1 unspecified atom stereocenters. The molecule has 176 valence electrons. The van der Waals surface area contributed by atoms with Crippen molar-refractivity contribution >= 4 is 11.1 Å². The average Bonchev–Trinajstić information content (AvgIpc) is 2.87. The molecule has 0 amide bonds. The van der Waals surface area contributed by atoms with Gasteiger partial charge in [0.1, 0.15) is 0 Å². The highest BCUT2D eigenvalue weighted by molar-refractivity contribution is 7.79. The first kappa shape index (κ1) is 25.4. The van der Waals surface area contributed by atoms with Gasteiger partial charge in [0.2, 0.25) is 0 Å². The molecule has 7 heteroatoms. The second-order valence-electron chi connectivity index (χ2n) is 7.68. The lowest BCUT2D eigenvalue weighted by Gasteiger charge is -2.22. The van der Waals surface area contributed by atoms with E-state index in [0.29, 0.717) is 24.5 Å². The quantitative estimate of drug-likeness (QED) is 0.365. The SMILES string of the molecule is CNCc1ccccc1.O=S([O-])c1ccc(CN(Cc2ccccn2)Cc2ccccn2)cc1. The van der Waals surface area contributed by atoms with Gasteiger partial charge in [-0.05, 0) is 65.7 Å². The first-order valence-electron chi connectivity index (χ1n) is 11.0. The predicted octanol–water partition coefficient (Wildman–Crippen LogP) is 4.32. The van der Waals surface area contributed by atoms with Crippen molar-refractivity contribution in [3.8, 4) is 0 Å². The molecule has 34 heavy (non-hydrogen) atoms. The monoisotopic (exact) mass is 473 g/mol. The van der Waals surface area contributed by atoms with Gasteiger partial charge < -0.3 is 9.87 Å². The lowest BCUT2D eigenvalue weighted by Crippen LogP contribution is -2.23. The van der Waals surface area contributed by atoms with Crippen LogP contribution < -0.4 is 5.32 Å². The van der Waals surface area contributed by atoms with Crippen LogP contribution in [0.15, 0.2) is 108 Å². The standard InChI is InChI=1S/C19H19N3O2S.C8H11N/c23-25(24)19-9-7-16(8-10-19)13-22(14-17-5-1-3-11-20-17)15-18-6-2-4-12-21-18;1-9-7-8-5-3-2-4-6-8/h1-12H,13-15H2,(H,23,24);2-6,9H,7H2,1H3/p-1. The molecule has 0 bridgehead atoms. The molecular formula is C27H29N4O2S-. The van der Waals surface area contributed by atoms with Crippen molar-refractivity contribution in [2.24, 2.45) is 0 Å². The highest BCUT2D eigenvalue weighted by Gasteiger charge is 2.10. The fourth-order valence-corrected chi connectivity index (χ4v) is 3.73. The molecule has 0 aliphatic rings. The van der Waals surface area contributed by atoms with E-state index >= 15 is 0 Å². The van der Waals surface area contributed by atoms with Crippen molar-refractivity contribution in [3.05, 3.63) is 126 Å². The minimum Gasteiger partial charge on any atom is -0.768 e. The highest BCUT2D eigenvalue weighted by atomic mass is 32.2. The summed E-state index contributed by atoms with van der Waals surface area (Å²) < 4.78 is 22.0. The maximum atomic E-state index is 11.0. The number of hydrogen-bond acceptors (Lipinski definition) is 6. The van der Waals surface area contributed by atoms with E-state index in [1.807, 2.05) is 73.8 Å². The van der Waals surface area contributed by atoms with Crippen molar-refractivity contribution in [2.75, 3.05) is 7.05 Å². The van der Waals surface area contributed by atoms with Crippen molar-refractivity contribution in [1.29, 1.82) is 0 Å². The summed E-state index contributed by atoms with van der Waals surface area (Å²) in [6, 6.07) is 29.0. The summed E-state index contributed by atoms with van der Waals surface area (Å²) >= 11 is -2.20.